The Morgan fingerprint density at radius 1 is 1.40 bits per heavy atom. The first-order chi connectivity index (χ1) is 6.48. The van der Waals surface area contributed by atoms with Crippen molar-refractivity contribution in [1.29, 1.82) is 0 Å². The number of esters is 1. The normalized spacial score (nSPS) is 13.6. The molecule has 1 aromatic carbocycles. The van der Waals surface area contributed by atoms with Gasteiger partial charge < -0.3 is 10.5 Å². The Labute approximate surface area is 104 Å². The van der Waals surface area contributed by atoms with Crippen LogP contribution in [0.25, 0.3) is 0 Å². The Morgan fingerprint density at radius 2 is 1.87 bits per heavy atom. The van der Waals surface area contributed by atoms with Gasteiger partial charge in [-0.25, -0.2) is 4.79 Å². The van der Waals surface area contributed by atoms with Crippen molar-refractivity contribution in [3.05, 3.63) is 34.3 Å². The second-order valence-corrected chi connectivity index (χ2v) is 4.12. The molecule has 0 radical (unpaired) electrons. The molecular weight excluding hydrogens is 281 g/mol. The summed E-state index contributed by atoms with van der Waals surface area (Å²) < 4.78 is 5.57. The molecule has 3 nitrogen and oxygen atoms in total. The van der Waals surface area contributed by atoms with E-state index in [4.69, 9.17) is 5.73 Å². The van der Waals surface area contributed by atoms with Gasteiger partial charge in [-0.15, -0.1) is 12.4 Å². The van der Waals surface area contributed by atoms with Crippen LogP contribution in [0.2, 0.25) is 0 Å². The highest BCUT2D eigenvalue weighted by atomic mass is 79.9. The second kappa shape index (κ2) is 5.49. The van der Waals surface area contributed by atoms with Crippen molar-refractivity contribution in [3.8, 4) is 0 Å². The zero-order valence-electron chi connectivity index (χ0n) is 8.49. The van der Waals surface area contributed by atoms with Gasteiger partial charge in [0.1, 0.15) is 5.54 Å². The number of nitrogens with two attached hydrogens (primary N) is 1. The minimum atomic E-state index is -1.09. The maximum absolute atomic E-state index is 11.4. The van der Waals surface area contributed by atoms with E-state index >= 15 is 0 Å². The summed E-state index contributed by atoms with van der Waals surface area (Å²) in [6.45, 7) is 1.63. The third kappa shape index (κ3) is 3.19. The molecular formula is C10H13BrClNO2. The third-order valence-corrected chi connectivity index (χ3v) is 2.58. The van der Waals surface area contributed by atoms with Crippen molar-refractivity contribution in [2.45, 2.75) is 12.5 Å². The van der Waals surface area contributed by atoms with E-state index in [1.165, 1.54) is 7.11 Å². The van der Waals surface area contributed by atoms with E-state index in [0.717, 1.165) is 10.0 Å². The SMILES string of the molecule is COC(=O)C(C)(N)c1ccc(Br)cc1.Cl. The van der Waals surface area contributed by atoms with Crippen LogP contribution in [0.3, 0.4) is 0 Å². The molecule has 0 aliphatic carbocycles. The number of carbonyl (C=O) groups is 1. The largest absolute Gasteiger partial charge is 0.467 e. The number of halogens is 2. The lowest BCUT2D eigenvalue weighted by Crippen LogP contribution is -2.42. The Bertz CT molecular complexity index is 338. The van der Waals surface area contributed by atoms with E-state index in [-0.39, 0.29) is 12.4 Å². The third-order valence-electron chi connectivity index (χ3n) is 2.05. The number of benzene rings is 1. The molecule has 0 bridgehead atoms. The van der Waals surface area contributed by atoms with Gasteiger partial charge in [0.15, 0.2) is 0 Å². The van der Waals surface area contributed by atoms with E-state index in [2.05, 4.69) is 20.7 Å². The predicted molar refractivity (Wildman–Crippen MR) is 64.9 cm³/mol. The fraction of sp³-hybridized carbons (Fsp3) is 0.300. The number of rotatable bonds is 2. The highest BCUT2D eigenvalue weighted by Gasteiger charge is 2.31. The highest BCUT2D eigenvalue weighted by molar-refractivity contribution is 9.10. The molecule has 1 unspecified atom stereocenters. The number of hydrogen-bond acceptors (Lipinski definition) is 3. The molecule has 0 aliphatic rings. The quantitative estimate of drug-likeness (QED) is 0.851. The van der Waals surface area contributed by atoms with Gasteiger partial charge >= 0.3 is 5.97 Å². The van der Waals surface area contributed by atoms with Crippen LogP contribution >= 0.6 is 28.3 Å². The summed E-state index contributed by atoms with van der Waals surface area (Å²) in [7, 11) is 1.33. The van der Waals surface area contributed by atoms with Crippen LogP contribution in [0.15, 0.2) is 28.7 Å². The van der Waals surface area contributed by atoms with Crippen molar-refractivity contribution < 1.29 is 9.53 Å². The van der Waals surface area contributed by atoms with Gasteiger partial charge in [0.2, 0.25) is 0 Å². The molecule has 1 atom stereocenters. The van der Waals surface area contributed by atoms with Gasteiger partial charge in [-0.3, -0.25) is 0 Å². The Kier molecular flexibility index (Phi) is 5.28. The van der Waals surface area contributed by atoms with E-state index in [1.807, 2.05) is 12.1 Å². The lowest BCUT2D eigenvalue weighted by atomic mass is 9.93. The summed E-state index contributed by atoms with van der Waals surface area (Å²) in [5.74, 6) is -0.445. The minimum absolute atomic E-state index is 0. The lowest BCUT2D eigenvalue weighted by molar-refractivity contribution is -0.146. The van der Waals surface area contributed by atoms with Crippen LogP contribution < -0.4 is 5.73 Å². The van der Waals surface area contributed by atoms with Crippen LogP contribution in [0.4, 0.5) is 0 Å². The fourth-order valence-corrected chi connectivity index (χ4v) is 1.39. The van der Waals surface area contributed by atoms with Gasteiger partial charge in [-0.2, -0.15) is 0 Å². The summed E-state index contributed by atoms with van der Waals surface area (Å²) in [6, 6.07) is 7.26. The number of ether oxygens (including phenoxy) is 1. The maximum Gasteiger partial charge on any atom is 0.330 e. The molecule has 0 spiro atoms. The van der Waals surface area contributed by atoms with E-state index in [1.54, 1.807) is 19.1 Å². The van der Waals surface area contributed by atoms with Gasteiger partial charge in [0.25, 0.3) is 0 Å². The molecule has 1 rings (SSSR count). The van der Waals surface area contributed by atoms with E-state index in [9.17, 15) is 4.79 Å². The first-order valence-electron chi connectivity index (χ1n) is 4.12. The molecule has 2 N–H and O–H groups in total. The maximum atomic E-state index is 11.4. The molecule has 0 amide bonds. The Hall–Kier alpha value is -0.580. The Morgan fingerprint density at radius 3 is 2.27 bits per heavy atom. The molecule has 0 fully saturated rings. The summed E-state index contributed by atoms with van der Waals surface area (Å²) in [6.07, 6.45) is 0. The zero-order valence-corrected chi connectivity index (χ0v) is 10.9. The first-order valence-corrected chi connectivity index (χ1v) is 4.91. The van der Waals surface area contributed by atoms with Crippen LogP contribution in [0.1, 0.15) is 12.5 Å². The second-order valence-electron chi connectivity index (χ2n) is 3.20. The van der Waals surface area contributed by atoms with E-state index < -0.39 is 11.5 Å². The predicted octanol–water partition coefficient (Wildman–Crippen LogP) is 2.22. The number of methoxy groups -OCH3 is 1. The summed E-state index contributed by atoms with van der Waals surface area (Å²) in [4.78, 5) is 11.4. The summed E-state index contributed by atoms with van der Waals surface area (Å²) in [5, 5.41) is 0. The monoisotopic (exact) mass is 293 g/mol. The summed E-state index contributed by atoms with van der Waals surface area (Å²) >= 11 is 3.31. The van der Waals surface area contributed by atoms with Crippen molar-refractivity contribution in [1.82, 2.24) is 0 Å². The Balaban J connectivity index is 0.00000196. The summed E-state index contributed by atoms with van der Waals surface area (Å²) in [5.41, 5.74) is 5.49. The fourth-order valence-electron chi connectivity index (χ4n) is 1.13. The molecule has 0 aromatic heterocycles. The van der Waals surface area contributed by atoms with E-state index in [0.29, 0.717) is 0 Å². The molecule has 15 heavy (non-hydrogen) atoms. The van der Waals surface area contributed by atoms with Crippen LogP contribution in [0, 0.1) is 0 Å². The number of carbonyl (C=O) groups excluding carboxylic acids is 1. The van der Waals surface area contributed by atoms with Crippen molar-refractivity contribution in [2.24, 2.45) is 5.73 Å². The van der Waals surface area contributed by atoms with Crippen LogP contribution in [-0.2, 0) is 15.1 Å². The molecule has 0 saturated heterocycles. The van der Waals surface area contributed by atoms with Crippen molar-refractivity contribution in [3.63, 3.8) is 0 Å². The average molecular weight is 295 g/mol. The van der Waals surface area contributed by atoms with Crippen LogP contribution in [0.5, 0.6) is 0 Å². The zero-order chi connectivity index (χ0) is 10.8. The molecule has 5 heteroatoms. The molecule has 0 heterocycles. The van der Waals surface area contributed by atoms with Crippen molar-refractivity contribution in [2.75, 3.05) is 7.11 Å². The van der Waals surface area contributed by atoms with Gasteiger partial charge in [-0.05, 0) is 24.6 Å². The highest BCUT2D eigenvalue weighted by Crippen LogP contribution is 2.21. The minimum Gasteiger partial charge on any atom is -0.467 e. The molecule has 84 valence electrons. The van der Waals surface area contributed by atoms with Crippen molar-refractivity contribution >= 4 is 34.3 Å². The average Bonchev–Trinajstić information content (AvgIpc) is 2.17. The smallest absolute Gasteiger partial charge is 0.330 e. The molecule has 1 aromatic rings. The lowest BCUT2D eigenvalue weighted by Gasteiger charge is -2.21. The molecule has 0 aliphatic heterocycles. The van der Waals surface area contributed by atoms with Gasteiger partial charge in [0.05, 0.1) is 7.11 Å². The van der Waals surface area contributed by atoms with Gasteiger partial charge in [0, 0.05) is 4.47 Å². The van der Waals surface area contributed by atoms with Gasteiger partial charge in [-0.1, -0.05) is 28.1 Å². The first kappa shape index (κ1) is 14.4. The molecule has 0 saturated carbocycles. The standard InChI is InChI=1S/C10H12BrNO2.ClH/c1-10(12,9(13)14-2)7-3-5-8(11)6-4-7;/h3-6H,12H2,1-2H3;1H. The number of hydrogen-bond donors (Lipinski definition) is 1. The topological polar surface area (TPSA) is 52.3 Å². The van der Waals surface area contributed by atoms with Crippen LogP contribution in [-0.4, -0.2) is 13.1 Å².